The van der Waals surface area contributed by atoms with Gasteiger partial charge in [0, 0.05) is 34.1 Å². The molecule has 2 aromatic rings. The molecule has 1 aromatic heterocycles. The Labute approximate surface area is 172 Å². The molecule has 0 aliphatic rings. The molecule has 26 heavy (non-hydrogen) atoms. The molecule has 1 aromatic carbocycles. The highest BCUT2D eigenvalue weighted by Crippen LogP contribution is 2.35. The van der Waals surface area contributed by atoms with Gasteiger partial charge in [0.05, 0.1) is 11.3 Å². The van der Waals surface area contributed by atoms with Gasteiger partial charge in [-0.05, 0) is 24.6 Å². The van der Waals surface area contributed by atoms with Crippen LogP contribution in [0.5, 0.6) is 0 Å². The van der Waals surface area contributed by atoms with Gasteiger partial charge in [0.15, 0.2) is 0 Å². The summed E-state index contributed by atoms with van der Waals surface area (Å²) in [4.78, 5) is 5.28. The van der Waals surface area contributed by atoms with Crippen molar-refractivity contribution in [1.82, 2.24) is 9.55 Å². The van der Waals surface area contributed by atoms with E-state index in [1.54, 1.807) is 0 Å². The van der Waals surface area contributed by atoms with Gasteiger partial charge in [-0.2, -0.15) is 0 Å². The van der Waals surface area contributed by atoms with Gasteiger partial charge >= 0.3 is 0 Å². The van der Waals surface area contributed by atoms with Crippen LogP contribution in [0.1, 0.15) is 64.7 Å². The summed E-state index contributed by atoms with van der Waals surface area (Å²) < 4.78 is 2.16. The van der Waals surface area contributed by atoms with Crippen LogP contribution in [0.4, 0.5) is 0 Å². The molecule has 2 nitrogen and oxygen atoms in total. The summed E-state index contributed by atoms with van der Waals surface area (Å²) >= 11 is 14.3. The van der Waals surface area contributed by atoms with E-state index >= 15 is 0 Å². The predicted octanol–water partition coefficient (Wildman–Crippen LogP) is 7.88. The van der Waals surface area contributed by atoms with Crippen LogP contribution in [0.3, 0.4) is 0 Å². The summed E-state index contributed by atoms with van der Waals surface area (Å²) in [6, 6.07) is 5.78. The maximum absolute atomic E-state index is 6.38. The molecule has 0 radical (unpaired) electrons. The van der Waals surface area contributed by atoms with Crippen molar-refractivity contribution in [2.24, 2.45) is 0 Å². The van der Waals surface area contributed by atoms with E-state index in [-0.39, 0.29) is 0 Å². The smallest absolute Gasteiger partial charge is 0.0946 e. The van der Waals surface area contributed by atoms with Crippen LogP contribution in [-0.4, -0.2) is 14.8 Å². The summed E-state index contributed by atoms with van der Waals surface area (Å²) in [5.74, 6) is 0. The van der Waals surface area contributed by atoms with E-state index in [9.17, 15) is 0 Å². The molecule has 0 aliphatic carbocycles. The minimum atomic E-state index is 0.489. The molecule has 1 atom stereocenters. The lowest BCUT2D eigenvalue weighted by atomic mass is 10.1. The number of unbranched alkanes of at least 4 members (excludes halogenated alkanes) is 7. The first kappa shape index (κ1) is 21.7. The van der Waals surface area contributed by atoms with Crippen LogP contribution in [0.2, 0.25) is 10.0 Å². The van der Waals surface area contributed by atoms with E-state index in [1.165, 1.54) is 57.8 Å². The van der Waals surface area contributed by atoms with Crippen LogP contribution < -0.4 is 0 Å². The number of imidazole rings is 1. The Hall–Kier alpha value is -0.640. The van der Waals surface area contributed by atoms with Gasteiger partial charge in [-0.3, -0.25) is 0 Å². The largest absolute Gasteiger partial charge is 0.336 e. The molecule has 2 rings (SSSR count). The molecule has 0 saturated carbocycles. The Kier molecular flexibility index (Phi) is 10.6. The number of rotatable bonds is 13. The lowest BCUT2D eigenvalue weighted by molar-refractivity contribution is 0.541. The van der Waals surface area contributed by atoms with Crippen LogP contribution >= 0.6 is 35.0 Å². The van der Waals surface area contributed by atoms with Gasteiger partial charge in [0.25, 0.3) is 0 Å². The first-order valence-electron chi connectivity index (χ1n) is 9.76. The maximum Gasteiger partial charge on any atom is 0.0946 e. The third-order valence-electron chi connectivity index (χ3n) is 4.54. The second-order valence-electron chi connectivity index (χ2n) is 6.84. The molecule has 1 unspecified atom stereocenters. The van der Waals surface area contributed by atoms with E-state index in [2.05, 4.69) is 16.5 Å². The second-order valence-corrected chi connectivity index (χ2v) is 9.02. The van der Waals surface area contributed by atoms with Gasteiger partial charge < -0.3 is 4.57 Å². The highest BCUT2D eigenvalue weighted by Gasteiger charge is 2.14. The van der Waals surface area contributed by atoms with Gasteiger partial charge in [-0.15, -0.1) is 11.8 Å². The fourth-order valence-electron chi connectivity index (χ4n) is 3.07. The highest BCUT2D eigenvalue weighted by molar-refractivity contribution is 8.00. The molecule has 0 aliphatic heterocycles. The second kappa shape index (κ2) is 12.7. The number of hydrogen-bond acceptors (Lipinski definition) is 2. The average molecular weight is 413 g/mol. The Balaban J connectivity index is 1.80. The lowest BCUT2D eigenvalue weighted by Gasteiger charge is -2.18. The van der Waals surface area contributed by atoms with Crippen molar-refractivity contribution in [1.29, 1.82) is 0 Å². The minimum Gasteiger partial charge on any atom is -0.336 e. The average Bonchev–Trinajstić information content (AvgIpc) is 3.12. The van der Waals surface area contributed by atoms with E-state index in [1.807, 2.05) is 48.7 Å². The van der Waals surface area contributed by atoms with Crippen molar-refractivity contribution in [3.63, 3.8) is 0 Å². The maximum atomic E-state index is 6.38. The molecular weight excluding hydrogens is 383 g/mol. The molecule has 0 saturated heterocycles. The summed E-state index contributed by atoms with van der Waals surface area (Å²) in [7, 11) is 0. The fraction of sp³-hybridized carbons (Fsp3) is 0.571. The standard InChI is InChI=1S/C21H30Cl2N2S/c1-2-3-4-5-6-7-8-9-10-19(16-25-14-13-24-17-25)26-21-12-11-18(22)15-20(21)23/h11-15,17,19H,2-10,16H2,1H3. The number of halogens is 2. The van der Waals surface area contributed by atoms with E-state index in [0.717, 1.165) is 16.5 Å². The van der Waals surface area contributed by atoms with E-state index < -0.39 is 0 Å². The molecule has 0 spiro atoms. The SMILES string of the molecule is CCCCCCCCCCC(Cn1ccnc1)Sc1ccc(Cl)cc1Cl. The third kappa shape index (κ3) is 8.37. The molecule has 1 heterocycles. The monoisotopic (exact) mass is 412 g/mol. The molecule has 5 heteroatoms. The van der Waals surface area contributed by atoms with Crippen molar-refractivity contribution >= 4 is 35.0 Å². The Morgan fingerprint density at radius 1 is 1.04 bits per heavy atom. The van der Waals surface area contributed by atoms with Crippen LogP contribution in [-0.2, 0) is 6.54 Å². The first-order chi connectivity index (χ1) is 12.7. The Bertz CT molecular complexity index is 616. The zero-order valence-corrected chi connectivity index (χ0v) is 18.0. The van der Waals surface area contributed by atoms with Gasteiger partial charge in [-0.1, -0.05) is 81.5 Å². The highest BCUT2D eigenvalue weighted by atomic mass is 35.5. The Morgan fingerprint density at radius 2 is 1.77 bits per heavy atom. The minimum absolute atomic E-state index is 0.489. The summed E-state index contributed by atoms with van der Waals surface area (Å²) in [5, 5.41) is 1.92. The quantitative estimate of drug-likeness (QED) is 0.245. The third-order valence-corrected chi connectivity index (χ3v) is 6.53. The molecule has 0 bridgehead atoms. The summed E-state index contributed by atoms with van der Waals surface area (Å²) in [6.45, 7) is 3.23. The number of thioether (sulfide) groups is 1. The van der Waals surface area contributed by atoms with Gasteiger partial charge in [0.1, 0.15) is 0 Å². The number of nitrogens with zero attached hydrogens (tertiary/aromatic N) is 2. The molecule has 144 valence electrons. The molecule has 0 N–H and O–H groups in total. The van der Waals surface area contributed by atoms with Crippen molar-refractivity contribution in [3.05, 3.63) is 47.0 Å². The molecular formula is C21H30Cl2N2S. The van der Waals surface area contributed by atoms with Crippen molar-refractivity contribution in [3.8, 4) is 0 Å². The lowest BCUT2D eigenvalue weighted by Crippen LogP contribution is -2.12. The topological polar surface area (TPSA) is 17.8 Å². The van der Waals surface area contributed by atoms with Crippen LogP contribution in [0.15, 0.2) is 41.8 Å². The van der Waals surface area contributed by atoms with Gasteiger partial charge in [-0.25, -0.2) is 4.98 Å². The summed E-state index contributed by atoms with van der Waals surface area (Å²) in [5.41, 5.74) is 0. The van der Waals surface area contributed by atoms with E-state index in [4.69, 9.17) is 23.2 Å². The molecule has 0 fully saturated rings. The van der Waals surface area contributed by atoms with Crippen molar-refractivity contribution < 1.29 is 0 Å². The first-order valence-corrected chi connectivity index (χ1v) is 11.4. The fourth-order valence-corrected chi connectivity index (χ4v) is 4.82. The molecule has 0 amide bonds. The number of hydrogen-bond donors (Lipinski definition) is 0. The zero-order valence-electron chi connectivity index (χ0n) is 15.7. The van der Waals surface area contributed by atoms with Crippen LogP contribution in [0, 0.1) is 0 Å². The number of benzene rings is 1. The van der Waals surface area contributed by atoms with Crippen LogP contribution in [0.25, 0.3) is 0 Å². The zero-order chi connectivity index (χ0) is 18.6. The van der Waals surface area contributed by atoms with Gasteiger partial charge in [0.2, 0.25) is 0 Å². The van der Waals surface area contributed by atoms with Crippen molar-refractivity contribution in [2.75, 3.05) is 0 Å². The normalized spacial score (nSPS) is 12.4. The van der Waals surface area contributed by atoms with E-state index in [0.29, 0.717) is 10.3 Å². The summed E-state index contributed by atoms with van der Waals surface area (Å²) in [6.07, 6.45) is 17.8. The predicted molar refractivity (Wildman–Crippen MR) is 116 cm³/mol. The van der Waals surface area contributed by atoms with Crippen molar-refractivity contribution in [2.45, 2.75) is 81.4 Å². The Morgan fingerprint density at radius 3 is 2.42 bits per heavy atom. The number of aromatic nitrogens is 2.